The third-order valence-corrected chi connectivity index (χ3v) is 3.52. The summed E-state index contributed by atoms with van der Waals surface area (Å²) in [5.41, 5.74) is 0.779. The van der Waals surface area contributed by atoms with Crippen molar-refractivity contribution < 1.29 is 14.3 Å². The number of nitrogens with zero attached hydrogens (tertiary/aromatic N) is 1. The van der Waals surface area contributed by atoms with Gasteiger partial charge in [0.1, 0.15) is 25.1 Å². The summed E-state index contributed by atoms with van der Waals surface area (Å²) in [4.78, 5) is 16.2. The van der Waals surface area contributed by atoms with Crippen molar-refractivity contribution in [2.45, 2.75) is 13.0 Å². The van der Waals surface area contributed by atoms with E-state index in [1.807, 2.05) is 18.2 Å². The average molecular weight is 334 g/mol. The first-order chi connectivity index (χ1) is 11.1. The van der Waals surface area contributed by atoms with Crippen molar-refractivity contribution in [3.8, 4) is 11.5 Å². The predicted molar refractivity (Wildman–Crippen MR) is 88.4 cm³/mol. The number of ether oxygens (including phenoxy) is 2. The largest absolute Gasteiger partial charge is 0.486 e. The zero-order chi connectivity index (χ0) is 16.2. The predicted octanol–water partition coefficient (Wildman–Crippen LogP) is 2.95. The number of carbonyl (C=O) groups excluding carboxylic acids is 1. The van der Waals surface area contributed by atoms with Crippen LogP contribution in [0.25, 0.3) is 0 Å². The van der Waals surface area contributed by atoms with E-state index in [0.29, 0.717) is 35.6 Å². The molecular weight excluding hydrogens is 318 g/mol. The van der Waals surface area contributed by atoms with Crippen molar-refractivity contribution in [3.05, 3.63) is 41.6 Å². The molecule has 1 aromatic heterocycles. The SMILES string of the molecule is CC(Nc1ccc2c(c1)OCCO2)C(=O)Nc1ccc(Cl)cn1. The molecule has 120 valence electrons. The van der Waals surface area contributed by atoms with Gasteiger partial charge in [0, 0.05) is 18.0 Å². The Labute approximate surface area is 138 Å². The minimum Gasteiger partial charge on any atom is -0.486 e. The number of hydrogen-bond acceptors (Lipinski definition) is 5. The molecule has 7 heteroatoms. The van der Waals surface area contributed by atoms with Crippen molar-refractivity contribution in [2.24, 2.45) is 0 Å². The molecule has 1 aliphatic heterocycles. The Morgan fingerprint density at radius 2 is 2.00 bits per heavy atom. The normalized spacial score (nSPS) is 14.0. The highest BCUT2D eigenvalue weighted by atomic mass is 35.5. The average Bonchev–Trinajstić information content (AvgIpc) is 2.56. The van der Waals surface area contributed by atoms with Crippen molar-refractivity contribution >= 4 is 29.0 Å². The molecule has 0 saturated carbocycles. The first-order valence-corrected chi connectivity index (χ1v) is 7.58. The van der Waals surface area contributed by atoms with Gasteiger partial charge in [0.15, 0.2) is 11.5 Å². The van der Waals surface area contributed by atoms with Crippen LogP contribution in [-0.2, 0) is 4.79 Å². The Balaban J connectivity index is 1.62. The molecule has 3 rings (SSSR count). The molecule has 0 spiro atoms. The Morgan fingerprint density at radius 1 is 1.22 bits per heavy atom. The van der Waals surface area contributed by atoms with E-state index in [0.717, 1.165) is 5.69 Å². The van der Waals surface area contributed by atoms with Crippen LogP contribution in [0.2, 0.25) is 5.02 Å². The molecule has 2 heterocycles. The molecule has 0 aliphatic carbocycles. The summed E-state index contributed by atoms with van der Waals surface area (Å²) in [5.74, 6) is 1.64. The van der Waals surface area contributed by atoms with Gasteiger partial charge in [0.25, 0.3) is 0 Å². The van der Waals surface area contributed by atoms with Gasteiger partial charge in [-0.1, -0.05) is 11.6 Å². The second-order valence-corrected chi connectivity index (χ2v) is 5.51. The van der Waals surface area contributed by atoms with Gasteiger partial charge in [-0.2, -0.15) is 0 Å². The summed E-state index contributed by atoms with van der Waals surface area (Å²) in [5, 5.41) is 6.37. The number of halogens is 1. The molecule has 1 aromatic carbocycles. The number of pyridine rings is 1. The number of benzene rings is 1. The number of aromatic nitrogens is 1. The van der Waals surface area contributed by atoms with Gasteiger partial charge in [-0.05, 0) is 31.2 Å². The maximum atomic E-state index is 12.2. The lowest BCUT2D eigenvalue weighted by Crippen LogP contribution is -2.32. The van der Waals surface area contributed by atoms with Gasteiger partial charge < -0.3 is 20.1 Å². The van der Waals surface area contributed by atoms with Gasteiger partial charge in [-0.25, -0.2) is 4.98 Å². The summed E-state index contributed by atoms with van der Waals surface area (Å²) >= 11 is 5.77. The van der Waals surface area contributed by atoms with Crippen LogP contribution in [0.5, 0.6) is 11.5 Å². The molecule has 0 bridgehead atoms. The van der Waals surface area contributed by atoms with E-state index in [9.17, 15) is 4.79 Å². The first kappa shape index (κ1) is 15.4. The van der Waals surface area contributed by atoms with E-state index >= 15 is 0 Å². The maximum absolute atomic E-state index is 12.2. The lowest BCUT2D eigenvalue weighted by atomic mass is 10.2. The number of anilines is 2. The van der Waals surface area contributed by atoms with Crippen LogP contribution in [0.4, 0.5) is 11.5 Å². The third-order valence-electron chi connectivity index (χ3n) is 3.30. The summed E-state index contributed by atoms with van der Waals surface area (Å²) in [6.07, 6.45) is 1.48. The maximum Gasteiger partial charge on any atom is 0.247 e. The number of hydrogen-bond donors (Lipinski definition) is 2. The number of nitrogens with one attached hydrogen (secondary N) is 2. The molecule has 0 fully saturated rings. The van der Waals surface area contributed by atoms with Gasteiger partial charge >= 0.3 is 0 Å². The molecule has 1 aliphatic rings. The lowest BCUT2D eigenvalue weighted by Gasteiger charge is -2.20. The van der Waals surface area contributed by atoms with Crippen molar-refractivity contribution in [2.75, 3.05) is 23.8 Å². The van der Waals surface area contributed by atoms with Crippen LogP contribution in [-0.4, -0.2) is 30.1 Å². The Bertz CT molecular complexity index is 706. The van der Waals surface area contributed by atoms with Crippen molar-refractivity contribution in [3.63, 3.8) is 0 Å². The highest BCUT2D eigenvalue weighted by Gasteiger charge is 2.16. The van der Waals surface area contributed by atoms with Gasteiger partial charge in [0.05, 0.1) is 5.02 Å². The molecule has 1 atom stereocenters. The molecular formula is C16H16ClN3O3. The fourth-order valence-electron chi connectivity index (χ4n) is 2.13. The van der Waals surface area contributed by atoms with E-state index in [2.05, 4.69) is 15.6 Å². The highest BCUT2D eigenvalue weighted by molar-refractivity contribution is 6.30. The van der Waals surface area contributed by atoms with Crippen molar-refractivity contribution in [1.82, 2.24) is 4.98 Å². The Hall–Kier alpha value is -2.47. The number of amides is 1. The standard InChI is InChI=1S/C16H16ClN3O3/c1-10(16(21)20-15-5-2-11(17)9-18-15)19-12-3-4-13-14(8-12)23-7-6-22-13/h2-5,8-10,19H,6-7H2,1H3,(H,18,20,21). The van der Waals surface area contributed by atoms with Gasteiger partial charge in [-0.15, -0.1) is 0 Å². The van der Waals surface area contributed by atoms with Crippen LogP contribution >= 0.6 is 11.6 Å². The van der Waals surface area contributed by atoms with Crippen LogP contribution < -0.4 is 20.1 Å². The third kappa shape index (κ3) is 3.84. The zero-order valence-electron chi connectivity index (χ0n) is 12.5. The minimum absolute atomic E-state index is 0.199. The minimum atomic E-state index is -0.449. The molecule has 1 unspecified atom stereocenters. The zero-order valence-corrected chi connectivity index (χ0v) is 13.3. The second-order valence-electron chi connectivity index (χ2n) is 5.08. The van der Waals surface area contributed by atoms with Crippen LogP contribution in [0.3, 0.4) is 0 Å². The number of rotatable bonds is 4. The summed E-state index contributed by atoms with van der Waals surface area (Å²) in [7, 11) is 0. The summed E-state index contributed by atoms with van der Waals surface area (Å²) < 4.78 is 11.0. The summed E-state index contributed by atoms with van der Waals surface area (Å²) in [6, 6.07) is 8.36. The molecule has 0 radical (unpaired) electrons. The monoisotopic (exact) mass is 333 g/mol. The Kier molecular flexibility index (Phi) is 4.52. The molecule has 2 aromatic rings. The van der Waals surface area contributed by atoms with Crippen LogP contribution in [0.15, 0.2) is 36.5 Å². The van der Waals surface area contributed by atoms with E-state index < -0.39 is 6.04 Å². The van der Waals surface area contributed by atoms with E-state index in [-0.39, 0.29) is 5.91 Å². The second kappa shape index (κ2) is 6.75. The van der Waals surface area contributed by atoms with E-state index in [4.69, 9.17) is 21.1 Å². The quantitative estimate of drug-likeness (QED) is 0.900. The van der Waals surface area contributed by atoms with Crippen molar-refractivity contribution in [1.29, 1.82) is 0 Å². The number of fused-ring (bicyclic) bond motifs is 1. The fraction of sp³-hybridized carbons (Fsp3) is 0.250. The van der Waals surface area contributed by atoms with E-state index in [1.165, 1.54) is 6.20 Å². The smallest absolute Gasteiger partial charge is 0.247 e. The van der Waals surface area contributed by atoms with Gasteiger partial charge in [-0.3, -0.25) is 4.79 Å². The first-order valence-electron chi connectivity index (χ1n) is 7.20. The van der Waals surface area contributed by atoms with E-state index in [1.54, 1.807) is 19.1 Å². The van der Waals surface area contributed by atoms with Crippen LogP contribution in [0, 0.1) is 0 Å². The topological polar surface area (TPSA) is 72.5 Å². The molecule has 1 amide bonds. The Morgan fingerprint density at radius 3 is 2.74 bits per heavy atom. The van der Waals surface area contributed by atoms with Crippen LogP contribution in [0.1, 0.15) is 6.92 Å². The highest BCUT2D eigenvalue weighted by Crippen LogP contribution is 2.32. The molecule has 0 saturated heterocycles. The summed E-state index contributed by atoms with van der Waals surface area (Å²) in [6.45, 7) is 2.84. The lowest BCUT2D eigenvalue weighted by molar-refractivity contribution is -0.116. The number of carbonyl (C=O) groups is 1. The molecule has 2 N–H and O–H groups in total. The molecule has 6 nitrogen and oxygen atoms in total. The van der Waals surface area contributed by atoms with Gasteiger partial charge in [0.2, 0.25) is 5.91 Å². The molecule has 23 heavy (non-hydrogen) atoms. The fourth-order valence-corrected chi connectivity index (χ4v) is 2.24.